The molecule has 1 aromatic heterocycles. The van der Waals surface area contributed by atoms with E-state index in [1.165, 1.54) is 11.1 Å². The molecule has 17 heavy (non-hydrogen) atoms. The molecule has 0 saturated carbocycles. The molecule has 2 rings (SSSR count). The quantitative estimate of drug-likeness (QED) is 0.882. The standard InChI is InChI=1S/C14H18N2O/c1-9-4-5-12(8-10(9)2)14-16-13(6-7-15)11(3)17-14/h4-5,8H,6-7,15H2,1-3H3. The van der Waals surface area contributed by atoms with Gasteiger partial charge in [-0.3, -0.25) is 0 Å². The Morgan fingerprint density at radius 1 is 1.18 bits per heavy atom. The first-order chi connectivity index (χ1) is 8.11. The van der Waals surface area contributed by atoms with Gasteiger partial charge < -0.3 is 10.2 Å². The largest absolute Gasteiger partial charge is 0.441 e. The van der Waals surface area contributed by atoms with Crippen molar-refractivity contribution in [2.75, 3.05) is 6.54 Å². The van der Waals surface area contributed by atoms with Crippen molar-refractivity contribution in [3.05, 3.63) is 40.8 Å². The maximum absolute atomic E-state index is 5.68. The summed E-state index contributed by atoms with van der Waals surface area (Å²) in [6.07, 6.45) is 0.764. The molecule has 3 nitrogen and oxygen atoms in total. The number of hydrogen-bond acceptors (Lipinski definition) is 3. The molecule has 0 saturated heterocycles. The van der Waals surface area contributed by atoms with E-state index < -0.39 is 0 Å². The van der Waals surface area contributed by atoms with E-state index >= 15 is 0 Å². The third-order valence-electron chi connectivity index (χ3n) is 3.03. The van der Waals surface area contributed by atoms with Gasteiger partial charge in [0.1, 0.15) is 5.76 Å². The number of benzene rings is 1. The Labute approximate surface area is 102 Å². The maximum atomic E-state index is 5.68. The molecule has 3 heteroatoms. The minimum atomic E-state index is 0.597. The van der Waals surface area contributed by atoms with Crippen LogP contribution in [0.2, 0.25) is 0 Å². The zero-order valence-corrected chi connectivity index (χ0v) is 10.6. The summed E-state index contributed by atoms with van der Waals surface area (Å²) < 4.78 is 5.68. The van der Waals surface area contributed by atoms with Gasteiger partial charge in [-0.2, -0.15) is 0 Å². The average Bonchev–Trinajstić information content (AvgIpc) is 2.65. The van der Waals surface area contributed by atoms with E-state index in [9.17, 15) is 0 Å². The second kappa shape index (κ2) is 4.72. The molecule has 1 aromatic carbocycles. The molecule has 0 bridgehead atoms. The van der Waals surface area contributed by atoms with Gasteiger partial charge in [0.2, 0.25) is 5.89 Å². The van der Waals surface area contributed by atoms with Gasteiger partial charge >= 0.3 is 0 Å². The van der Waals surface area contributed by atoms with Crippen LogP contribution in [0.4, 0.5) is 0 Å². The molecule has 0 spiro atoms. The van der Waals surface area contributed by atoms with Crippen LogP contribution in [0, 0.1) is 20.8 Å². The van der Waals surface area contributed by atoms with Crippen LogP contribution in [0.25, 0.3) is 11.5 Å². The smallest absolute Gasteiger partial charge is 0.226 e. The highest BCUT2D eigenvalue weighted by atomic mass is 16.4. The molecule has 0 fully saturated rings. The zero-order chi connectivity index (χ0) is 12.4. The normalized spacial score (nSPS) is 10.8. The van der Waals surface area contributed by atoms with Crippen LogP contribution in [0.5, 0.6) is 0 Å². The molecule has 0 aliphatic heterocycles. The summed E-state index contributed by atoms with van der Waals surface area (Å²) in [6.45, 7) is 6.72. The van der Waals surface area contributed by atoms with Crippen molar-refractivity contribution >= 4 is 0 Å². The number of nitrogens with two attached hydrogens (primary N) is 1. The third kappa shape index (κ3) is 2.39. The molecular weight excluding hydrogens is 212 g/mol. The van der Waals surface area contributed by atoms with Gasteiger partial charge in [0.25, 0.3) is 0 Å². The summed E-state index contributed by atoms with van der Waals surface area (Å²) in [7, 11) is 0. The number of hydrogen-bond donors (Lipinski definition) is 1. The van der Waals surface area contributed by atoms with Crippen molar-refractivity contribution in [1.82, 2.24) is 4.98 Å². The Kier molecular flexibility index (Phi) is 3.29. The van der Waals surface area contributed by atoms with E-state index in [1.807, 2.05) is 13.0 Å². The van der Waals surface area contributed by atoms with Crippen LogP contribution in [0.15, 0.2) is 22.6 Å². The summed E-state index contributed by atoms with van der Waals surface area (Å²) in [5.41, 5.74) is 10.1. The van der Waals surface area contributed by atoms with E-state index in [0.717, 1.165) is 23.4 Å². The monoisotopic (exact) mass is 230 g/mol. The lowest BCUT2D eigenvalue weighted by molar-refractivity contribution is 0.539. The van der Waals surface area contributed by atoms with Gasteiger partial charge in [0, 0.05) is 12.0 Å². The Bertz CT molecular complexity index is 529. The summed E-state index contributed by atoms with van der Waals surface area (Å²) in [6, 6.07) is 6.24. The van der Waals surface area contributed by atoms with Crippen molar-refractivity contribution < 1.29 is 4.42 Å². The first-order valence-corrected chi connectivity index (χ1v) is 5.86. The first-order valence-electron chi connectivity index (χ1n) is 5.86. The van der Waals surface area contributed by atoms with Gasteiger partial charge in [-0.05, 0) is 50.6 Å². The molecule has 1 heterocycles. The molecule has 2 N–H and O–H groups in total. The van der Waals surface area contributed by atoms with E-state index in [0.29, 0.717) is 12.4 Å². The lowest BCUT2D eigenvalue weighted by Gasteiger charge is -2.01. The van der Waals surface area contributed by atoms with Gasteiger partial charge in [-0.1, -0.05) is 6.07 Å². The van der Waals surface area contributed by atoms with Crippen LogP contribution >= 0.6 is 0 Å². The number of nitrogens with zero attached hydrogens (tertiary/aromatic N) is 1. The molecule has 2 aromatic rings. The second-order valence-electron chi connectivity index (χ2n) is 4.36. The number of oxazole rings is 1. The van der Waals surface area contributed by atoms with E-state index in [-0.39, 0.29) is 0 Å². The molecule has 0 aliphatic rings. The lowest BCUT2D eigenvalue weighted by atomic mass is 10.1. The summed E-state index contributed by atoms with van der Waals surface area (Å²) >= 11 is 0. The molecule has 90 valence electrons. The SMILES string of the molecule is Cc1ccc(-c2nc(CCN)c(C)o2)cc1C. The Balaban J connectivity index is 2.39. The van der Waals surface area contributed by atoms with Gasteiger partial charge in [0.15, 0.2) is 0 Å². The summed E-state index contributed by atoms with van der Waals surface area (Å²) in [5.74, 6) is 1.55. The third-order valence-corrected chi connectivity index (χ3v) is 3.03. The first kappa shape index (κ1) is 11.9. The maximum Gasteiger partial charge on any atom is 0.226 e. The molecular formula is C14H18N2O. The van der Waals surface area contributed by atoms with Crippen LogP contribution in [0.1, 0.15) is 22.6 Å². The summed E-state index contributed by atoms with van der Waals surface area (Å²) in [5, 5.41) is 0. The number of aryl methyl sites for hydroxylation is 3. The van der Waals surface area contributed by atoms with Crippen molar-refractivity contribution in [2.45, 2.75) is 27.2 Å². The Morgan fingerprint density at radius 2 is 1.94 bits per heavy atom. The minimum absolute atomic E-state index is 0.597. The fraction of sp³-hybridized carbons (Fsp3) is 0.357. The van der Waals surface area contributed by atoms with Crippen molar-refractivity contribution in [3.63, 3.8) is 0 Å². The molecule has 0 radical (unpaired) electrons. The molecule has 0 unspecified atom stereocenters. The van der Waals surface area contributed by atoms with Crippen molar-refractivity contribution in [3.8, 4) is 11.5 Å². The number of aromatic nitrogens is 1. The highest BCUT2D eigenvalue weighted by molar-refractivity contribution is 5.56. The lowest BCUT2D eigenvalue weighted by Crippen LogP contribution is -2.03. The zero-order valence-electron chi connectivity index (χ0n) is 10.6. The fourth-order valence-electron chi connectivity index (χ4n) is 1.79. The van der Waals surface area contributed by atoms with Gasteiger partial charge in [0.05, 0.1) is 5.69 Å². The minimum Gasteiger partial charge on any atom is -0.441 e. The number of rotatable bonds is 3. The highest BCUT2D eigenvalue weighted by Gasteiger charge is 2.11. The van der Waals surface area contributed by atoms with Crippen LogP contribution in [-0.4, -0.2) is 11.5 Å². The predicted molar refractivity (Wildman–Crippen MR) is 68.9 cm³/mol. The fourth-order valence-corrected chi connectivity index (χ4v) is 1.79. The molecule has 0 aliphatic carbocycles. The molecule has 0 atom stereocenters. The van der Waals surface area contributed by atoms with Crippen molar-refractivity contribution in [1.29, 1.82) is 0 Å². The Hall–Kier alpha value is -1.61. The van der Waals surface area contributed by atoms with E-state index in [1.54, 1.807) is 0 Å². The second-order valence-corrected chi connectivity index (χ2v) is 4.36. The summed E-state index contributed by atoms with van der Waals surface area (Å²) in [4.78, 5) is 4.49. The van der Waals surface area contributed by atoms with Crippen LogP contribution in [0.3, 0.4) is 0 Å². The van der Waals surface area contributed by atoms with E-state index in [4.69, 9.17) is 10.2 Å². The predicted octanol–water partition coefficient (Wildman–Crippen LogP) is 2.77. The Morgan fingerprint density at radius 3 is 2.59 bits per heavy atom. The van der Waals surface area contributed by atoms with Gasteiger partial charge in [-0.15, -0.1) is 0 Å². The topological polar surface area (TPSA) is 52.0 Å². The average molecular weight is 230 g/mol. The van der Waals surface area contributed by atoms with Crippen LogP contribution in [-0.2, 0) is 6.42 Å². The van der Waals surface area contributed by atoms with Crippen molar-refractivity contribution in [2.24, 2.45) is 5.73 Å². The van der Waals surface area contributed by atoms with Crippen LogP contribution < -0.4 is 5.73 Å². The molecule has 0 amide bonds. The van der Waals surface area contributed by atoms with E-state index in [2.05, 4.69) is 31.0 Å². The van der Waals surface area contributed by atoms with Gasteiger partial charge in [-0.25, -0.2) is 4.98 Å². The highest BCUT2D eigenvalue weighted by Crippen LogP contribution is 2.23.